The van der Waals surface area contributed by atoms with Gasteiger partial charge in [0.2, 0.25) is 0 Å². The summed E-state index contributed by atoms with van der Waals surface area (Å²) in [6.45, 7) is 3.43. The number of nitrogens with one attached hydrogen (secondary N) is 1. The van der Waals surface area contributed by atoms with Gasteiger partial charge in [0, 0.05) is 16.8 Å². The van der Waals surface area contributed by atoms with Crippen molar-refractivity contribution >= 4 is 22.5 Å². The summed E-state index contributed by atoms with van der Waals surface area (Å²) in [5.74, 6) is -3.61. The molecule has 0 amide bonds. The molecule has 0 saturated carbocycles. The first-order valence-corrected chi connectivity index (χ1v) is 10.7. The van der Waals surface area contributed by atoms with Gasteiger partial charge in [0.25, 0.3) is 0 Å². The predicted molar refractivity (Wildman–Crippen MR) is 127 cm³/mol. The second-order valence-corrected chi connectivity index (χ2v) is 8.24. The summed E-state index contributed by atoms with van der Waals surface area (Å²) in [7, 11) is 0. The highest BCUT2D eigenvalue weighted by atomic mass is 19.2. The maximum atomic E-state index is 14.7. The molecule has 9 heteroatoms. The molecule has 4 rings (SSSR count). The van der Waals surface area contributed by atoms with Crippen LogP contribution in [0.4, 0.5) is 18.9 Å². The van der Waals surface area contributed by atoms with E-state index in [1.807, 2.05) is 0 Å². The molecule has 0 bridgehead atoms. The van der Waals surface area contributed by atoms with E-state index in [2.05, 4.69) is 10.5 Å². The van der Waals surface area contributed by atoms with Crippen molar-refractivity contribution in [2.24, 2.45) is 10.9 Å². The van der Waals surface area contributed by atoms with Gasteiger partial charge in [-0.3, -0.25) is 4.79 Å². The molecule has 4 N–H and O–H groups in total. The molecule has 0 aliphatic rings. The third-order valence-corrected chi connectivity index (χ3v) is 5.76. The third-order valence-electron chi connectivity index (χ3n) is 5.76. The Bertz CT molecular complexity index is 1520. The van der Waals surface area contributed by atoms with Crippen LogP contribution in [0.15, 0.2) is 69.2 Å². The van der Waals surface area contributed by atoms with E-state index < -0.39 is 34.9 Å². The van der Waals surface area contributed by atoms with Gasteiger partial charge in [0.1, 0.15) is 11.4 Å². The summed E-state index contributed by atoms with van der Waals surface area (Å²) in [6.07, 6.45) is 1.39. The van der Waals surface area contributed by atoms with Crippen LogP contribution < -0.4 is 16.5 Å². The largest absolute Gasteiger partial charge is 0.463 e. The molecule has 35 heavy (non-hydrogen) atoms. The van der Waals surface area contributed by atoms with Crippen LogP contribution in [0.5, 0.6) is 0 Å². The highest BCUT2D eigenvalue weighted by Gasteiger charge is 2.24. The number of anilines is 1. The number of nitrogens with two attached hydrogens (primary N) is 1. The van der Waals surface area contributed by atoms with E-state index in [0.717, 1.165) is 11.6 Å². The van der Waals surface area contributed by atoms with Gasteiger partial charge in [0.15, 0.2) is 22.9 Å². The highest BCUT2D eigenvalue weighted by Crippen LogP contribution is 2.33. The molecule has 0 fully saturated rings. The average molecular weight is 481 g/mol. The lowest BCUT2D eigenvalue weighted by Crippen LogP contribution is -2.22. The fraction of sp³-hybridized carbons (Fsp3) is 0.154. The summed E-state index contributed by atoms with van der Waals surface area (Å²) in [5.41, 5.74) is 7.21. The first-order valence-electron chi connectivity index (χ1n) is 10.7. The van der Waals surface area contributed by atoms with Crippen LogP contribution >= 0.6 is 0 Å². The van der Waals surface area contributed by atoms with E-state index in [-0.39, 0.29) is 23.1 Å². The number of hydrogen-bond donors (Lipinski definition) is 3. The maximum Gasteiger partial charge on any atom is 0.195 e. The zero-order chi connectivity index (χ0) is 25.3. The number of halogens is 3. The SMILES string of the molecule is Cc1cc(C(Cc2ccccc2F)Nc2ccc(F)c(F)c2C(N)=NO)c2occ(C)c(=O)c2c1. The molecular weight excluding hydrogens is 459 g/mol. The Hall–Kier alpha value is -4.27. The molecule has 1 atom stereocenters. The van der Waals surface area contributed by atoms with E-state index in [9.17, 15) is 18.0 Å². The summed E-state index contributed by atoms with van der Waals surface area (Å²) in [4.78, 5) is 12.8. The van der Waals surface area contributed by atoms with Crippen LogP contribution in [0.1, 0.15) is 33.9 Å². The Balaban J connectivity index is 1.95. The average Bonchev–Trinajstić information content (AvgIpc) is 2.84. The zero-order valence-corrected chi connectivity index (χ0v) is 18.9. The minimum absolute atomic E-state index is 0.00431. The monoisotopic (exact) mass is 481 g/mol. The summed E-state index contributed by atoms with van der Waals surface area (Å²) < 4.78 is 49.0. The Morgan fingerprint density at radius 3 is 2.57 bits per heavy atom. The molecule has 180 valence electrons. The number of rotatable bonds is 6. The zero-order valence-electron chi connectivity index (χ0n) is 18.9. The van der Waals surface area contributed by atoms with Gasteiger partial charge in [0.05, 0.1) is 23.3 Å². The third kappa shape index (κ3) is 4.57. The molecule has 0 aliphatic heterocycles. The fourth-order valence-corrected chi connectivity index (χ4v) is 4.06. The van der Waals surface area contributed by atoms with Gasteiger partial charge in [-0.2, -0.15) is 0 Å². The van der Waals surface area contributed by atoms with E-state index >= 15 is 0 Å². The summed E-state index contributed by atoms with van der Waals surface area (Å²) in [6, 6.07) is 10.9. The van der Waals surface area contributed by atoms with Crippen molar-refractivity contribution in [1.29, 1.82) is 0 Å². The molecule has 0 saturated heterocycles. The molecule has 1 unspecified atom stereocenters. The molecule has 1 aromatic heterocycles. The number of benzene rings is 3. The Labute approximate surface area is 198 Å². The van der Waals surface area contributed by atoms with Crippen molar-refractivity contribution in [3.05, 3.63) is 110 Å². The molecule has 4 aromatic rings. The molecule has 3 aromatic carbocycles. The van der Waals surface area contributed by atoms with Crippen LogP contribution in [0.25, 0.3) is 11.0 Å². The normalized spacial score (nSPS) is 12.7. The van der Waals surface area contributed by atoms with Crippen molar-refractivity contribution in [2.45, 2.75) is 26.3 Å². The first-order chi connectivity index (χ1) is 16.7. The lowest BCUT2D eigenvalue weighted by Gasteiger charge is -2.24. The lowest BCUT2D eigenvalue weighted by molar-refractivity contribution is 0.318. The van der Waals surface area contributed by atoms with Crippen LogP contribution in [-0.2, 0) is 6.42 Å². The van der Waals surface area contributed by atoms with Gasteiger partial charge in [-0.1, -0.05) is 29.4 Å². The van der Waals surface area contributed by atoms with Crippen LogP contribution in [-0.4, -0.2) is 11.0 Å². The fourth-order valence-electron chi connectivity index (χ4n) is 4.06. The molecule has 1 heterocycles. The van der Waals surface area contributed by atoms with Crippen molar-refractivity contribution < 1.29 is 22.8 Å². The van der Waals surface area contributed by atoms with Crippen molar-refractivity contribution in [2.75, 3.05) is 5.32 Å². The Morgan fingerprint density at radius 2 is 1.86 bits per heavy atom. The number of amidine groups is 1. The van der Waals surface area contributed by atoms with E-state index in [0.29, 0.717) is 22.1 Å². The predicted octanol–water partition coefficient (Wildman–Crippen LogP) is 5.32. The number of nitrogens with zero attached hydrogens (tertiary/aromatic N) is 1. The number of oxime groups is 1. The van der Waals surface area contributed by atoms with Crippen LogP contribution in [0.3, 0.4) is 0 Å². The number of fused-ring (bicyclic) bond motifs is 1. The maximum absolute atomic E-state index is 14.7. The van der Waals surface area contributed by atoms with Crippen molar-refractivity contribution in [1.82, 2.24) is 0 Å². The molecular formula is C26H22F3N3O3. The topological polar surface area (TPSA) is 101 Å². The second kappa shape index (κ2) is 9.54. The van der Waals surface area contributed by atoms with Crippen molar-refractivity contribution in [3.63, 3.8) is 0 Å². The first kappa shape index (κ1) is 23.9. The second-order valence-electron chi connectivity index (χ2n) is 8.24. The standard InChI is InChI=1S/C26H22F3N3O3/c1-13-9-16(25-17(10-13)24(33)14(2)12-35-25)21(11-15-5-3-4-6-18(15)27)31-20-8-7-19(28)23(29)22(20)26(30)32-34/h3-10,12,21,31,34H,11H2,1-2H3,(H2,30,32). The minimum Gasteiger partial charge on any atom is -0.463 e. The minimum atomic E-state index is -1.31. The Morgan fingerprint density at radius 1 is 1.11 bits per heavy atom. The van der Waals surface area contributed by atoms with Gasteiger partial charge in [-0.25, -0.2) is 13.2 Å². The van der Waals surface area contributed by atoms with Gasteiger partial charge in [-0.05, 0) is 55.7 Å². The van der Waals surface area contributed by atoms with Gasteiger partial charge in [-0.15, -0.1) is 0 Å². The smallest absolute Gasteiger partial charge is 0.195 e. The molecule has 6 nitrogen and oxygen atoms in total. The van der Waals surface area contributed by atoms with Crippen LogP contribution in [0, 0.1) is 31.3 Å². The number of aryl methyl sites for hydroxylation is 2. The molecule has 0 radical (unpaired) electrons. The summed E-state index contributed by atoms with van der Waals surface area (Å²) >= 11 is 0. The molecule has 0 aliphatic carbocycles. The van der Waals surface area contributed by atoms with Gasteiger partial charge < -0.3 is 20.7 Å². The Kier molecular flexibility index (Phi) is 6.50. The van der Waals surface area contributed by atoms with Crippen molar-refractivity contribution in [3.8, 4) is 0 Å². The highest BCUT2D eigenvalue weighted by molar-refractivity contribution is 6.02. The van der Waals surface area contributed by atoms with E-state index in [4.69, 9.17) is 15.4 Å². The number of hydrogen-bond acceptors (Lipinski definition) is 5. The van der Waals surface area contributed by atoms with E-state index in [1.54, 1.807) is 44.2 Å². The molecule has 0 spiro atoms. The van der Waals surface area contributed by atoms with Gasteiger partial charge >= 0.3 is 0 Å². The quantitative estimate of drug-likeness (QED) is 0.150. The summed E-state index contributed by atoms with van der Waals surface area (Å²) in [5, 5.41) is 15.3. The lowest BCUT2D eigenvalue weighted by atomic mass is 9.94. The van der Waals surface area contributed by atoms with Crippen LogP contribution in [0.2, 0.25) is 0 Å². The van der Waals surface area contributed by atoms with E-state index in [1.165, 1.54) is 18.4 Å².